The first-order valence-electron chi connectivity index (χ1n) is 7.87. The van der Waals surface area contributed by atoms with Crippen molar-refractivity contribution in [1.29, 1.82) is 0 Å². The molecular weight excluding hydrogens is 272 g/mol. The molecule has 0 aliphatic heterocycles. The molecule has 0 saturated heterocycles. The molecule has 0 atom stereocenters. The highest BCUT2D eigenvalue weighted by atomic mass is 15.3. The van der Waals surface area contributed by atoms with Crippen molar-refractivity contribution in [3.05, 3.63) is 47.7 Å². The number of benzene rings is 1. The average molecular weight is 294 g/mol. The number of aryl methyl sites for hydroxylation is 2. The summed E-state index contributed by atoms with van der Waals surface area (Å²) in [6, 6.07) is 12.3. The van der Waals surface area contributed by atoms with Crippen LogP contribution in [-0.2, 0) is 0 Å². The largest absolute Gasteiger partial charge is 0.370 e. The van der Waals surface area contributed by atoms with Crippen LogP contribution in [0.2, 0.25) is 0 Å². The highest BCUT2D eigenvalue weighted by molar-refractivity contribution is 5.71. The Labute approximate surface area is 131 Å². The van der Waals surface area contributed by atoms with Crippen LogP contribution in [0, 0.1) is 13.8 Å². The fourth-order valence-corrected chi connectivity index (χ4v) is 2.63. The molecule has 3 aromatic rings. The third kappa shape index (κ3) is 2.69. The van der Waals surface area contributed by atoms with Gasteiger partial charge in [-0.15, -0.1) is 0 Å². The standard InChI is InChI=1S/C18H22N4/c1-4-5-11-19-16-12-13(2)20-18-14(3)17(21-22(16)18)15-9-7-6-8-10-15/h6-10,12,19H,4-5,11H2,1-3H3. The molecule has 0 bridgehead atoms. The first-order chi connectivity index (χ1) is 10.7. The van der Waals surface area contributed by atoms with Gasteiger partial charge < -0.3 is 5.32 Å². The van der Waals surface area contributed by atoms with Crippen LogP contribution in [0.4, 0.5) is 5.82 Å². The molecule has 4 heteroatoms. The SMILES string of the molecule is CCCCNc1cc(C)nc2c(C)c(-c3ccccc3)nn12. The van der Waals surface area contributed by atoms with Gasteiger partial charge in [-0.25, -0.2) is 4.98 Å². The Morgan fingerprint density at radius 2 is 1.91 bits per heavy atom. The summed E-state index contributed by atoms with van der Waals surface area (Å²) in [5, 5.41) is 8.28. The maximum atomic E-state index is 4.79. The topological polar surface area (TPSA) is 42.2 Å². The maximum absolute atomic E-state index is 4.79. The summed E-state index contributed by atoms with van der Waals surface area (Å²) in [6.45, 7) is 7.27. The van der Waals surface area contributed by atoms with Crippen LogP contribution in [0.3, 0.4) is 0 Å². The lowest BCUT2D eigenvalue weighted by molar-refractivity contribution is 0.819. The molecule has 0 spiro atoms. The third-order valence-corrected chi connectivity index (χ3v) is 3.83. The summed E-state index contributed by atoms with van der Waals surface area (Å²) >= 11 is 0. The van der Waals surface area contributed by atoms with Gasteiger partial charge in [0.1, 0.15) is 5.82 Å². The predicted molar refractivity (Wildman–Crippen MR) is 91.3 cm³/mol. The van der Waals surface area contributed by atoms with Crippen LogP contribution in [0.5, 0.6) is 0 Å². The van der Waals surface area contributed by atoms with Gasteiger partial charge in [-0.3, -0.25) is 0 Å². The number of aromatic nitrogens is 3. The van der Waals surface area contributed by atoms with Crippen molar-refractivity contribution in [2.24, 2.45) is 0 Å². The van der Waals surface area contributed by atoms with Gasteiger partial charge in [0.25, 0.3) is 0 Å². The molecule has 0 unspecified atom stereocenters. The minimum atomic E-state index is 0.929. The minimum absolute atomic E-state index is 0.929. The Bertz CT molecular complexity index is 775. The normalized spacial score (nSPS) is 11.0. The van der Waals surface area contributed by atoms with Crippen LogP contribution in [0.1, 0.15) is 31.0 Å². The molecule has 22 heavy (non-hydrogen) atoms. The average Bonchev–Trinajstić information content (AvgIpc) is 2.86. The molecule has 1 aromatic carbocycles. The van der Waals surface area contributed by atoms with Gasteiger partial charge in [-0.05, 0) is 20.3 Å². The number of nitrogens with one attached hydrogen (secondary N) is 1. The molecular formula is C18H22N4. The second kappa shape index (κ2) is 6.18. The quantitative estimate of drug-likeness (QED) is 0.716. The third-order valence-electron chi connectivity index (χ3n) is 3.83. The Hall–Kier alpha value is -2.36. The zero-order valence-corrected chi connectivity index (χ0v) is 13.4. The van der Waals surface area contributed by atoms with Gasteiger partial charge >= 0.3 is 0 Å². The number of fused-ring (bicyclic) bond motifs is 1. The summed E-state index contributed by atoms with van der Waals surface area (Å²) < 4.78 is 1.93. The van der Waals surface area contributed by atoms with Crippen molar-refractivity contribution < 1.29 is 0 Å². The van der Waals surface area contributed by atoms with Crippen molar-refractivity contribution >= 4 is 11.5 Å². The van der Waals surface area contributed by atoms with Crippen LogP contribution >= 0.6 is 0 Å². The van der Waals surface area contributed by atoms with Gasteiger partial charge in [0.05, 0.1) is 5.69 Å². The second-order valence-corrected chi connectivity index (χ2v) is 5.64. The zero-order chi connectivity index (χ0) is 15.5. The van der Waals surface area contributed by atoms with E-state index in [2.05, 4.69) is 42.3 Å². The van der Waals surface area contributed by atoms with Gasteiger partial charge in [0.15, 0.2) is 5.65 Å². The van der Waals surface area contributed by atoms with E-state index in [0.717, 1.165) is 46.9 Å². The molecule has 1 N–H and O–H groups in total. The number of anilines is 1. The lowest BCUT2D eigenvalue weighted by Gasteiger charge is -2.08. The summed E-state index contributed by atoms with van der Waals surface area (Å²) in [6.07, 6.45) is 2.32. The number of rotatable bonds is 5. The van der Waals surface area contributed by atoms with E-state index in [9.17, 15) is 0 Å². The van der Waals surface area contributed by atoms with Crippen LogP contribution in [-0.4, -0.2) is 21.1 Å². The van der Waals surface area contributed by atoms with Crippen LogP contribution < -0.4 is 5.32 Å². The molecule has 3 rings (SSSR count). The molecule has 0 amide bonds. The van der Waals surface area contributed by atoms with Crippen molar-refractivity contribution in [3.8, 4) is 11.3 Å². The minimum Gasteiger partial charge on any atom is -0.370 e. The smallest absolute Gasteiger partial charge is 0.161 e. The molecule has 2 aromatic heterocycles. The van der Waals surface area contributed by atoms with Gasteiger partial charge in [-0.1, -0.05) is 43.7 Å². The number of hydrogen-bond donors (Lipinski definition) is 1. The summed E-state index contributed by atoms with van der Waals surface area (Å²) in [5.41, 5.74) is 5.18. The zero-order valence-electron chi connectivity index (χ0n) is 13.4. The lowest BCUT2D eigenvalue weighted by atomic mass is 10.1. The van der Waals surface area contributed by atoms with E-state index >= 15 is 0 Å². The van der Waals surface area contributed by atoms with Gasteiger partial charge in [0.2, 0.25) is 0 Å². The Balaban J connectivity index is 2.10. The number of unbranched alkanes of at least 4 members (excludes halogenated alkanes) is 1. The summed E-state index contributed by atoms with van der Waals surface area (Å²) in [7, 11) is 0. The van der Waals surface area contributed by atoms with E-state index in [1.54, 1.807) is 0 Å². The van der Waals surface area contributed by atoms with Gasteiger partial charge in [-0.2, -0.15) is 9.61 Å². The molecule has 0 aliphatic rings. The highest BCUT2D eigenvalue weighted by Gasteiger charge is 2.14. The fraction of sp³-hybridized carbons (Fsp3) is 0.333. The van der Waals surface area contributed by atoms with Crippen LogP contribution in [0.25, 0.3) is 16.9 Å². The predicted octanol–water partition coefficient (Wildman–Crippen LogP) is 4.23. The van der Waals surface area contributed by atoms with Crippen molar-refractivity contribution in [1.82, 2.24) is 14.6 Å². The van der Waals surface area contributed by atoms with Crippen molar-refractivity contribution in [3.63, 3.8) is 0 Å². The summed E-state index contributed by atoms with van der Waals surface area (Å²) in [4.78, 5) is 4.67. The number of hydrogen-bond acceptors (Lipinski definition) is 3. The second-order valence-electron chi connectivity index (χ2n) is 5.64. The monoisotopic (exact) mass is 294 g/mol. The molecule has 0 saturated carbocycles. The van der Waals surface area contributed by atoms with Crippen LogP contribution in [0.15, 0.2) is 36.4 Å². The highest BCUT2D eigenvalue weighted by Crippen LogP contribution is 2.26. The molecule has 4 nitrogen and oxygen atoms in total. The van der Waals surface area contributed by atoms with Gasteiger partial charge in [0, 0.05) is 29.4 Å². The Morgan fingerprint density at radius 3 is 2.64 bits per heavy atom. The van der Waals surface area contributed by atoms with E-state index in [1.165, 1.54) is 6.42 Å². The van der Waals surface area contributed by atoms with E-state index in [-0.39, 0.29) is 0 Å². The van der Waals surface area contributed by atoms with Crippen molar-refractivity contribution in [2.45, 2.75) is 33.6 Å². The molecule has 0 fully saturated rings. The first kappa shape index (κ1) is 14.6. The number of nitrogens with zero attached hydrogens (tertiary/aromatic N) is 3. The van der Waals surface area contributed by atoms with Crippen molar-refractivity contribution in [2.75, 3.05) is 11.9 Å². The van der Waals surface area contributed by atoms with E-state index in [4.69, 9.17) is 5.10 Å². The fourth-order valence-electron chi connectivity index (χ4n) is 2.63. The Kier molecular flexibility index (Phi) is 4.09. The Morgan fingerprint density at radius 1 is 1.14 bits per heavy atom. The molecule has 2 heterocycles. The van der Waals surface area contributed by atoms with E-state index in [0.29, 0.717) is 0 Å². The lowest BCUT2D eigenvalue weighted by Crippen LogP contribution is -2.08. The first-order valence-corrected chi connectivity index (χ1v) is 7.87. The van der Waals surface area contributed by atoms with E-state index < -0.39 is 0 Å². The van der Waals surface area contributed by atoms with E-state index in [1.807, 2.05) is 29.6 Å². The molecule has 114 valence electrons. The maximum Gasteiger partial charge on any atom is 0.161 e. The molecule has 0 aliphatic carbocycles. The molecule has 0 radical (unpaired) electrons. The summed E-state index contributed by atoms with van der Waals surface area (Å²) in [5.74, 6) is 1.02.